The zero-order valence-electron chi connectivity index (χ0n) is 19.0. The Balaban J connectivity index is 1.32. The van der Waals surface area contributed by atoms with Crippen LogP contribution in [0, 0.1) is 6.92 Å². The fourth-order valence-corrected chi connectivity index (χ4v) is 6.44. The van der Waals surface area contributed by atoms with Crippen molar-refractivity contribution < 1.29 is 13.2 Å². The molecule has 2 fully saturated rings. The Hall–Kier alpha value is -2.71. The van der Waals surface area contributed by atoms with E-state index in [0.717, 1.165) is 55.4 Å². The van der Waals surface area contributed by atoms with Gasteiger partial charge in [-0.2, -0.15) is 9.40 Å². The summed E-state index contributed by atoms with van der Waals surface area (Å²) in [5.41, 5.74) is 3.67. The topological polar surface area (TPSA) is 75.0 Å². The maximum atomic E-state index is 13.1. The maximum Gasteiger partial charge on any atom is 0.257 e. The number of benzene rings is 1. The van der Waals surface area contributed by atoms with E-state index < -0.39 is 10.0 Å². The van der Waals surface area contributed by atoms with Gasteiger partial charge in [-0.1, -0.05) is 17.7 Å². The number of aryl methyl sites for hydroxylation is 1. The summed E-state index contributed by atoms with van der Waals surface area (Å²) in [4.78, 5) is 15.4. The van der Waals surface area contributed by atoms with Gasteiger partial charge >= 0.3 is 0 Å². The van der Waals surface area contributed by atoms with Crippen LogP contribution in [0.1, 0.15) is 59.5 Å². The zero-order chi connectivity index (χ0) is 23.0. The number of likely N-dealkylation sites (tertiary alicyclic amines) is 1. The molecule has 2 aliphatic heterocycles. The molecule has 4 heterocycles. The molecule has 1 amide bonds. The van der Waals surface area contributed by atoms with E-state index >= 15 is 0 Å². The molecule has 2 aliphatic rings. The number of aromatic nitrogens is 2. The average Bonchev–Trinajstić information content (AvgIpc) is 3.28. The summed E-state index contributed by atoms with van der Waals surface area (Å²) in [6.07, 6.45) is 8.39. The molecule has 0 saturated carbocycles. The van der Waals surface area contributed by atoms with Crippen molar-refractivity contribution >= 4 is 21.4 Å². The molecule has 0 aliphatic carbocycles. The molecule has 0 atom stereocenters. The van der Waals surface area contributed by atoms with Gasteiger partial charge in [0.05, 0.1) is 22.2 Å². The van der Waals surface area contributed by atoms with E-state index in [1.807, 2.05) is 36.2 Å². The van der Waals surface area contributed by atoms with Gasteiger partial charge in [-0.3, -0.25) is 4.79 Å². The van der Waals surface area contributed by atoms with E-state index in [-0.39, 0.29) is 11.8 Å². The third-order valence-corrected chi connectivity index (χ3v) is 8.92. The number of pyridine rings is 1. The van der Waals surface area contributed by atoms with E-state index in [1.54, 1.807) is 27.2 Å². The van der Waals surface area contributed by atoms with E-state index in [1.165, 1.54) is 6.42 Å². The lowest BCUT2D eigenvalue weighted by Gasteiger charge is -2.31. The van der Waals surface area contributed by atoms with Crippen molar-refractivity contribution in [3.8, 4) is 0 Å². The second-order valence-corrected chi connectivity index (χ2v) is 11.1. The first-order valence-corrected chi connectivity index (χ1v) is 13.2. The van der Waals surface area contributed by atoms with E-state index in [0.29, 0.717) is 23.5 Å². The SMILES string of the molecule is Cc1ccc(S(=O)(=O)N2CCC(c3ccn4ncc(C(=O)N5CCCCC5)c4c3)CC2)cc1. The predicted molar refractivity (Wildman–Crippen MR) is 127 cm³/mol. The molecule has 8 heteroatoms. The summed E-state index contributed by atoms with van der Waals surface area (Å²) in [6.45, 7) is 4.55. The van der Waals surface area contributed by atoms with E-state index in [2.05, 4.69) is 11.2 Å². The highest BCUT2D eigenvalue weighted by atomic mass is 32.2. The molecule has 5 rings (SSSR count). The molecule has 1 aromatic carbocycles. The van der Waals surface area contributed by atoms with Crippen LogP contribution in [0.3, 0.4) is 0 Å². The lowest BCUT2D eigenvalue weighted by molar-refractivity contribution is 0.0726. The summed E-state index contributed by atoms with van der Waals surface area (Å²) in [7, 11) is -3.47. The molecule has 0 radical (unpaired) electrons. The Morgan fingerprint density at radius 2 is 1.67 bits per heavy atom. The normalized spacial score (nSPS) is 18.6. The highest BCUT2D eigenvalue weighted by molar-refractivity contribution is 7.89. The van der Waals surface area contributed by atoms with Crippen LogP contribution in [-0.2, 0) is 10.0 Å². The van der Waals surface area contributed by atoms with Gasteiger partial charge in [0.2, 0.25) is 10.0 Å². The van der Waals surface area contributed by atoms with Crippen LogP contribution < -0.4 is 0 Å². The molecule has 3 aromatic rings. The number of sulfonamides is 1. The second kappa shape index (κ2) is 8.91. The van der Waals surface area contributed by atoms with Gasteiger partial charge in [0.25, 0.3) is 5.91 Å². The Labute approximate surface area is 195 Å². The van der Waals surface area contributed by atoms with Crippen molar-refractivity contribution in [1.29, 1.82) is 0 Å². The van der Waals surface area contributed by atoms with Crippen molar-refractivity contribution in [2.75, 3.05) is 26.2 Å². The quantitative estimate of drug-likeness (QED) is 0.586. The highest BCUT2D eigenvalue weighted by Gasteiger charge is 2.30. The molecule has 2 aromatic heterocycles. The number of hydrogen-bond donors (Lipinski definition) is 0. The molecule has 0 bridgehead atoms. The smallest absolute Gasteiger partial charge is 0.257 e. The molecule has 33 heavy (non-hydrogen) atoms. The summed E-state index contributed by atoms with van der Waals surface area (Å²) in [5.74, 6) is 0.313. The number of amides is 1. The minimum atomic E-state index is -3.47. The van der Waals surface area contributed by atoms with Gasteiger partial charge in [0, 0.05) is 32.4 Å². The fraction of sp³-hybridized carbons (Fsp3) is 0.440. The standard InChI is InChI=1S/C25H30N4O3S/c1-19-5-7-22(8-6-19)33(31,32)28-14-9-20(10-15-28)21-11-16-29-24(17-21)23(18-26-29)25(30)27-12-3-2-4-13-27/h5-8,11,16-18,20H,2-4,9-10,12-15H2,1H3. The number of rotatable bonds is 4. The molecule has 0 unspecified atom stereocenters. The first-order valence-electron chi connectivity index (χ1n) is 11.8. The van der Waals surface area contributed by atoms with Gasteiger partial charge < -0.3 is 4.90 Å². The third-order valence-electron chi connectivity index (χ3n) is 7.00. The molecule has 174 valence electrons. The largest absolute Gasteiger partial charge is 0.339 e. The van der Waals surface area contributed by atoms with E-state index in [4.69, 9.17) is 0 Å². The zero-order valence-corrected chi connectivity index (χ0v) is 19.8. The van der Waals surface area contributed by atoms with Crippen LogP contribution in [-0.4, -0.2) is 59.3 Å². The van der Waals surface area contributed by atoms with Crippen molar-refractivity contribution in [3.05, 3.63) is 65.5 Å². The summed E-state index contributed by atoms with van der Waals surface area (Å²) < 4.78 is 29.4. The van der Waals surface area contributed by atoms with Gasteiger partial charge in [0.1, 0.15) is 0 Å². The second-order valence-electron chi connectivity index (χ2n) is 9.19. The van der Waals surface area contributed by atoms with Crippen molar-refractivity contribution in [3.63, 3.8) is 0 Å². The van der Waals surface area contributed by atoms with Crippen LogP contribution in [0.5, 0.6) is 0 Å². The molecule has 0 spiro atoms. The number of carbonyl (C=O) groups excluding carboxylic acids is 1. The third kappa shape index (κ3) is 4.29. The fourth-order valence-electron chi connectivity index (χ4n) is 4.97. The lowest BCUT2D eigenvalue weighted by Crippen LogP contribution is -2.37. The van der Waals surface area contributed by atoms with Crippen LogP contribution in [0.2, 0.25) is 0 Å². The molecule has 2 saturated heterocycles. The summed E-state index contributed by atoms with van der Waals surface area (Å²) in [5, 5.41) is 4.39. The van der Waals surface area contributed by atoms with Gasteiger partial charge in [0.15, 0.2) is 0 Å². The molecule has 7 nitrogen and oxygen atoms in total. The number of hydrogen-bond acceptors (Lipinski definition) is 4. The molecular formula is C25H30N4O3S. The Morgan fingerprint density at radius 3 is 2.36 bits per heavy atom. The van der Waals surface area contributed by atoms with Gasteiger partial charge in [-0.05, 0) is 74.8 Å². The van der Waals surface area contributed by atoms with Crippen LogP contribution in [0.25, 0.3) is 5.52 Å². The first-order chi connectivity index (χ1) is 15.9. The highest BCUT2D eigenvalue weighted by Crippen LogP contribution is 2.32. The lowest BCUT2D eigenvalue weighted by atomic mass is 9.90. The van der Waals surface area contributed by atoms with Crippen LogP contribution in [0.4, 0.5) is 0 Å². The van der Waals surface area contributed by atoms with E-state index in [9.17, 15) is 13.2 Å². The Kier molecular flexibility index (Phi) is 5.97. The van der Waals surface area contributed by atoms with Crippen molar-refractivity contribution in [1.82, 2.24) is 18.8 Å². The van der Waals surface area contributed by atoms with Gasteiger partial charge in [-0.25, -0.2) is 12.9 Å². The number of nitrogens with zero attached hydrogens (tertiary/aromatic N) is 4. The Morgan fingerprint density at radius 1 is 0.970 bits per heavy atom. The first kappa shape index (κ1) is 22.1. The Bertz CT molecular complexity index is 1250. The van der Waals surface area contributed by atoms with Crippen LogP contribution >= 0.6 is 0 Å². The average molecular weight is 467 g/mol. The summed E-state index contributed by atoms with van der Waals surface area (Å²) in [6, 6.07) is 11.2. The van der Waals surface area contributed by atoms with Gasteiger partial charge in [-0.15, -0.1) is 0 Å². The maximum absolute atomic E-state index is 13.1. The number of carbonyl (C=O) groups is 1. The predicted octanol–water partition coefficient (Wildman–Crippen LogP) is 3.84. The minimum absolute atomic E-state index is 0.0564. The van der Waals surface area contributed by atoms with Crippen molar-refractivity contribution in [2.24, 2.45) is 0 Å². The molecule has 0 N–H and O–H groups in total. The number of fused-ring (bicyclic) bond motifs is 1. The number of piperidine rings is 2. The monoisotopic (exact) mass is 466 g/mol. The summed E-state index contributed by atoms with van der Waals surface area (Å²) >= 11 is 0. The molecular weight excluding hydrogens is 436 g/mol. The minimum Gasteiger partial charge on any atom is -0.339 e. The van der Waals surface area contributed by atoms with Crippen LogP contribution in [0.15, 0.2) is 53.7 Å². The van der Waals surface area contributed by atoms with Crippen molar-refractivity contribution in [2.45, 2.75) is 49.8 Å².